The van der Waals surface area contributed by atoms with Gasteiger partial charge in [0.15, 0.2) is 10.8 Å². The average Bonchev–Trinajstić information content (AvgIpc) is 2.81. The molecule has 0 aliphatic carbocycles. The van der Waals surface area contributed by atoms with Gasteiger partial charge >= 0.3 is 0 Å². The van der Waals surface area contributed by atoms with Gasteiger partial charge in [-0.1, -0.05) is 42.5 Å². The van der Waals surface area contributed by atoms with Crippen LogP contribution in [0.15, 0.2) is 42.8 Å². The zero-order valence-corrected chi connectivity index (χ0v) is 12.4. The minimum atomic E-state index is 0.393. The van der Waals surface area contributed by atoms with Crippen molar-refractivity contribution in [3.05, 3.63) is 53.8 Å². The van der Waals surface area contributed by atoms with Crippen molar-refractivity contribution in [1.29, 1.82) is 0 Å². The van der Waals surface area contributed by atoms with Gasteiger partial charge in [0.05, 0.1) is 12.9 Å². The molecule has 0 aromatic carbocycles. The Hall–Kier alpha value is -1.94. The summed E-state index contributed by atoms with van der Waals surface area (Å²) in [6, 6.07) is 0. The van der Waals surface area contributed by atoms with E-state index >= 15 is 0 Å². The number of hydrogen-bond acceptors (Lipinski definition) is 3. The number of aryl methyl sites for hydroxylation is 1. The van der Waals surface area contributed by atoms with Crippen molar-refractivity contribution in [3.63, 3.8) is 0 Å². The van der Waals surface area contributed by atoms with Crippen molar-refractivity contribution in [2.45, 2.75) is 26.8 Å². The molecule has 0 radical (unpaired) electrons. The van der Waals surface area contributed by atoms with Crippen LogP contribution in [0.5, 0.6) is 0 Å². The molecule has 0 saturated heterocycles. The molecule has 2 aromatic rings. The van der Waals surface area contributed by atoms with Gasteiger partial charge in [0.1, 0.15) is 11.3 Å². The zero-order chi connectivity index (χ0) is 14.5. The molecule has 0 amide bonds. The van der Waals surface area contributed by atoms with Crippen LogP contribution in [0.25, 0.3) is 11.2 Å². The average molecular weight is 289 g/mol. The molecule has 2 aromatic heterocycles. The van der Waals surface area contributed by atoms with Gasteiger partial charge < -0.3 is 4.57 Å². The first kappa shape index (κ1) is 14.5. The lowest BCUT2D eigenvalue weighted by atomic mass is 10.2. The maximum atomic E-state index is 6.08. The Balaban J connectivity index is 2.33. The van der Waals surface area contributed by atoms with Gasteiger partial charge in [0, 0.05) is 0 Å². The molecule has 0 fully saturated rings. The van der Waals surface area contributed by atoms with Crippen molar-refractivity contribution in [3.8, 4) is 0 Å². The number of nitrogens with zero attached hydrogens (tertiary/aromatic N) is 4. The summed E-state index contributed by atoms with van der Waals surface area (Å²) in [5, 5.41) is 0.393. The van der Waals surface area contributed by atoms with Crippen LogP contribution in [0, 0.1) is 6.92 Å². The molecular weight excluding hydrogens is 272 g/mol. The van der Waals surface area contributed by atoms with E-state index < -0.39 is 0 Å². The fourth-order valence-corrected chi connectivity index (χ4v) is 2.15. The van der Waals surface area contributed by atoms with Crippen molar-refractivity contribution >= 4 is 22.8 Å². The van der Waals surface area contributed by atoms with E-state index in [2.05, 4.69) is 33.7 Å². The summed E-state index contributed by atoms with van der Waals surface area (Å²) in [5.74, 6) is 0.641. The van der Waals surface area contributed by atoms with E-state index in [0.717, 1.165) is 17.6 Å². The maximum absolute atomic E-state index is 6.08. The second-order valence-electron chi connectivity index (χ2n) is 4.39. The molecule has 5 heteroatoms. The lowest BCUT2D eigenvalue weighted by Gasteiger charge is -2.05. The highest BCUT2D eigenvalue weighted by Gasteiger charge is 2.10. The van der Waals surface area contributed by atoms with Gasteiger partial charge in [0.25, 0.3) is 0 Å². The molecule has 2 rings (SSSR count). The third-order valence-electron chi connectivity index (χ3n) is 2.90. The van der Waals surface area contributed by atoms with E-state index in [1.165, 1.54) is 0 Å². The van der Waals surface area contributed by atoms with Crippen molar-refractivity contribution in [2.75, 3.05) is 0 Å². The first-order chi connectivity index (χ1) is 9.65. The number of aromatic nitrogens is 4. The number of imidazole rings is 1. The van der Waals surface area contributed by atoms with Crippen LogP contribution < -0.4 is 0 Å². The summed E-state index contributed by atoms with van der Waals surface area (Å²) >= 11 is 6.08. The maximum Gasteiger partial charge on any atom is 0.165 e. The van der Waals surface area contributed by atoms with E-state index in [-0.39, 0.29) is 0 Å². The van der Waals surface area contributed by atoms with Gasteiger partial charge in [-0.05, 0) is 25.8 Å². The number of allylic oxidation sites excluding steroid dienone is 5. The monoisotopic (exact) mass is 288 g/mol. The number of hydrogen-bond donors (Lipinski definition) is 0. The van der Waals surface area contributed by atoms with Crippen LogP contribution in [0.3, 0.4) is 0 Å². The number of rotatable bonds is 5. The second-order valence-corrected chi connectivity index (χ2v) is 4.75. The van der Waals surface area contributed by atoms with E-state index in [1.807, 2.05) is 30.6 Å². The fraction of sp³-hybridized carbons (Fsp3) is 0.267. The van der Waals surface area contributed by atoms with Crippen LogP contribution in [0.2, 0.25) is 5.15 Å². The topological polar surface area (TPSA) is 43.6 Å². The second kappa shape index (κ2) is 6.48. The molecule has 0 saturated carbocycles. The van der Waals surface area contributed by atoms with Gasteiger partial charge in [-0.15, -0.1) is 0 Å². The normalized spacial score (nSPS) is 12.4. The first-order valence-corrected chi connectivity index (χ1v) is 6.81. The zero-order valence-electron chi connectivity index (χ0n) is 11.7. The molecule has 0 aliphatic rings. The number of halogens is 1. The largest absolute Gasteiger partial charge is 0.311 e. The molecule has 0 aliphatic heterocycles. The third kappa shape index (κ3) is 3.14. The Bertz CT molecular complexity index is 682. The van der Waals surface area contributed by atoms with Crippen molar-refractivity contribution in [1.82, 2.24) is 19.5 Å². The van der Waals surface area contributed by atoms with E-state index in [1.54, 1.807) is 6.33 Å². The smallest absolute Gasteiger partial charge is 0.165 e. The molecule has 0 unspecified atom stereocenters. The van der Waals surface area contributed by atoms with Crippen molar-refractivity contribution in [2.24, 2.45) is 0 Å². The minimum absolute atomic E-state index is 0.393. The molecular formula is C15H17ClN4. The predicted octanol–water partition coefficient (Wildman–Crippen LogP) is 3.87. The highest BCUT2D eigenvalue weighted by molar-refractivity contribution is 6.33. The molecule has 0 spiro atoms. The Morgan fingerprint density at radius 3 is 2.95 bits per heavy atom. The third-order valence-corrected chi connectivity index (χ3v) is 3.16. The van der Waals surface area contributed by atoms with Crippen molar-refractivity contribution < 1.29 is 0 Å². The lowest BCUT2D eigenvalue weighted by molar-refractivity contribution is 0.807. The van der Waals surface area contributed by atoms with Crippen LogP contribution in [0.4, 0.5) is 0 Å². The van der Waals surface area contributed by atoms with Crippen LogP contribution in [-0.4, -0.2) is 19.5 Å². The molecule has 0 bridgehead atoms. The summed E-state index contributed by atoms with van der Waals surface area (Å²) in [6.45, 7) is 8.35. The molecule has 20 heavy (non-hydrogen) atoms. The summed E-state index contributed by atoms with van der Waals surface area (Å²) in [6.07, 6.45) is 10.7. The Morgan fingerprint density at radius 2 is 2.25 bits per heavy atom. The minimum Gasteiger partial charge on any atom is -0.311 e. The van der Waals surface area contributed by atoms with E-state index in [9.17, 15) is 0 Å². The Kier molecular flexibility index (Phi) is 4.69. The van der Waals surface area contributed by atoms with Gasteiger partial charge in [-0.3, -0.25) is 0 Å². The summed E-state index contributed by atoms with van der Waals surface area (Å²) < 4.78 is 1.96. The Morgan fingerprint density at radius 1 is 1.45 bits per heavy atom. The molecule has 2 heterocycles. The van der Waals surface area contributed by atoms with Crippen LogP contribution in [0.1, 0.15) is 19.2 Å². The van der Waals surface area contributed by atoms with Crippen LogP contribution >= 0.6 is 11.6 Å². The summed E-state index contributed by atoms with van der Waals surface area (Å²) in [7, 11) is 0. The molecule has 0 N–H and O–H groups in total. The SMILES string of the molecule is C=C/C(=C\C/C=C\C)Cn1cnc2c(Cl)nc(C)nc21. The summed E-state index contributed by atoms with van der Waals surface area (Å²) in [5.41, 5.74) is 2.50. The summed E-state index contributed by atoms with van der Waals surface area (Å²) in [4.78, 5) is 12.8. The molecule has 0 atom stereocenters. The fourth-order valence-electron chi connectivity index (χ4n) is 1.89. The lowest BCUT2D eigenvalue weighted by Crippen LogP contribution is -2.01. The quantitative estimate of drug-likeness (QED) is 0.476. The highest BCUT2D eigenvalue weighted by Crippen LogP contribution is 2.19. The number of fused-ring (bicyclic) bond motifs is 1. The molecule has 4 nitrogen and oxygen atoms in total. The van der Waals surface area contributed by atoms with E-state index in [4.69, 9.17) is 11.6 Å². The Labute approximate surface area is 123 Å². The first-order valence-electron chi connectivity index (χ1n) is 6.43. The standard InChI is InChI=1S/C15H17ClN4/c1-4-6-7-8-12(5-2)9-20-10-17-13-14(16)18-11(3)19-15(13)20/h4-6,8,10H,2,7,9H2,1,3H3/b6-4-,12-8+. The van der Waals surface area contributed by atoms with E-state index in [0.29, 0.717) is 23.0 Å². The predicted molar refractivity (Wildman–Crippen MR) is 82.8 cm³/mol. The van der Waals surface area contributed by atoms with Gasteiger partial charge in [0.2, 0.25) is 0 Å². The van der Waals surface area contributed by atoms with Crippen LogP contribution in [-0.2, 0) is 6.54 Å². The van der Waals surface area contributed by atoms with Gasteiger partial charge in [-0.2, -0.15) is 0 Å². The molecule has 104 valence electrons. The highest BCUT2D eigenvalue weighted by atomic mass is 35.5. The van der Waals surface area contributed by atoms with Gasteiger partial charge in [-0.25, -0.2) is 15.0 Å².